The van der Waals surface area contributed by atoms with E-state index in [4.69, 9.17) is 14.1 Å². The fourth-order valence-corrected chi connectivity index (χ4v) is 8.11. The van der Waals surface area contributed by atoms with Gasteiger partial charge in [-0.2, -0.15) is 0 Å². The van der Waals surface area contributed by atoms with Crippen molar-refractivity contribution in [3.05, 3.63) is 106 Å². The van der Waals surface area contributed by atoms with Gasteiger partial charge in [0.2, 0.25) is 11.8 Å². The zero-order valence-electron chi connectivity index (χ0n) is 29.2. The number of halogens is 3. The molecule has 52 heavy (non-hydrogen) atoms. The third-order valence-corrected chi connectivity index (χ3v) is 10.4. The molecule has 2 aromatic carbocycles. The van der Waals surface area contributed by atoms with Crippen LogP contribution in [0, 0.1) is 12.7 Å². The summed E-state index contributed by atoms with van der Waals surface area (Å²) in [4.78, 5) is 26.1. The van der Waals surface area contributed by atoms with Gasteiger partial charge in [-0.05, 0) is 66.1 Å². The van der Waals surface area contributed by atoms with E-state index >= 15 is 0 Å². The lowest BCUT2D eigenvalue weighted by Gasteiger charge is -2.15. The fraction of sp³-hybridized carbons (Fsp3) is 0.308. The third kappa shape index (κ3) is 6.84. The largest absolute Gasteiger partial charge is 0.496 e. The number of rotatable bonds is 9. The summed E-state index contributed by atoms with van der Waals surface area (Å²) < 4.78 is 51.5. The summed E-state index contributed by atoms with van der Waals surface area (Å²) in [6.45, 7) is 4.90. The predicted octanol–water partition coefficient (Wildman–Crippen LogP) is 8.48. The topological polar surface area (TPSA) is 106 Å². The van der Waals surface area contributed by atoms with E-state index in [9.17, 15) is 18.0 Å². The molecule has 0 fully saturated rings. The second-order valence-electron chi connectivity index (χ2n) is 12.9. The number of benzene rings is 2. The number of aryl methyl sites for hydroxylation is 3. The summed E-state index contributed by atoms with van der Waals surface area (Å²) >= 11 is 1.57. The van der Waals surface area contributed by atoms with Gasteiger partial charge in [0.1, 0.15) is 17.4 Å². The molecule has 0 unspecified atom stereocenters. The summed E-state index contributed by atoms with van der Waals surface area (Å²) in [7, 11) is 3.35. The van der Waals surface area contributed by atoms with Crippen LogP contribution >= 0.6 is 11.3 Å². The van der Waals surface area contributed by atoms with Crippen molar-refractivity contribution in [2.45, 2.75) is 58.4 Å². The Morgan fingerprint density at radius 1 is 1.04 bits per heavy atom. The molecule has 1 aliphatic heterocycles. The minimum absolute atomic E-state index is 0.0404. The lowest BCUT2D eigenvalue weighted by Crippen LogP contribution is -2.24. The molecule has 4 aromatic heterocycles. The van der Waals surface area contributed by atoms with E-state index in [1.54, 1.807) is 54.8 Å². The Hall–Kier alpha value is -5.30. The van der Waals surface area contributed by atoms with Crippen LogP contribution in [0.15, 0.2) is 65.2 Å². The van der Waals surface area contributed by atoms with Crippen molar-refractivity contribution in [1.82, 2.24) is 25.1 Å². The molecule has 268 valence electrons. The molecule has 13 heteroatoms. The quantitative estimate of drug-likeness (QED) is 0.158. The van der Waals surface area contributed by atoms with Crippen LogP contribution in [0.3, 0.4) is 0 Å². The van der Waals surface area contributed by atoms with Crippen LogP contribution in [0.25, 0.3) is 32.0 Å². The van der Waals surface area contributed by atoms with Gasteiger partial charge in [0.15, 0.2) is 0 Å². The van der Waals surface area contributed by atoms with E-state index in [2.05, 4.69) is 33.5 Å². The predicted molar refractivity (Wildman–Crippen MR) is 195 cm³/mol. The summed E-state index contributed by atoms with van der Waals surface area (Å²) in [5, 5.41) is 12.7. The molecule has 0 saturated carbocycles. The normalized spacial score (nSPS) is 14.3. The van der Waals surface area contributed by atoms with Gasteiger partial charge >= 0.3 is 0 Å². The number of nitrogens with zero attached hydrogens (tertiary/aromatic N) is 5. The maximum absolute atomic E-state index is 13.8. The van der Waals surface area contributed by atoms with Crippen molar-refractivity contribution in [1.29, 1.82) is 0 Å². The van der Waals surface area contributed by atoms with Crippen molar-refractivity contribution < 1.29 is 27.1 Å². The molecule has 0 bridgehead atoms. The van der Waals surface area contributed by atoms with Gasteiger partial charge in [-0.3, -0.25) is 9.78 Å². The molecule has 2 aliphatic rings. The molecule has 0 saturated heterocycles. The number of amides is 1. The Morgan fingerprint density at radius 3 is 2.56 bits per heavy atom. The number of hydrogen-bond donors (Lipinski definition) is 1. The number of thiophene rings is 1. The zero-order valence-corrected chi connectivity index (χ0v) is 30.0. The van der Waals surface area contributed by atoms with Gasteiger partial charge in [0, 0.05) is 55.6 Å². The number of methoxy groups -OCH3 is 1. The Morgan fingerprint density at radius 2 is 1.85 bits per heavy atom. The standard InChI is InChI=1S/C29H27FN6O2S.C10H10F2O/c1-4-13-36-15-21-24(29(36)37)25(22-14-18-11-12-32-27(31-3)26(18)39-22)23(28-35-34-16(2)38-28)20(33-21)10-7-17-5-8-19(30)9-6-17;1-13-9-4-2-3-7-5-10(11,12)6-8(7)9/h5-6,8-9,11-12,14H,4,7,10,13,15H2,1-3H3,(H,31,32);2-4H,5-6H2,1H3. The fourth-order valence-electron chi connectivity index (χ4n) is 6.90. The first-order valence-electron chi connectivity index (χ1n) is 17.1. The average Bonchev–Trinajstić information content (AvgIpc) is 3.91. The maximum Gasteiger partial charge on any atom is 0.256 e. The molecular formula is C39H37F3N6O3S. The summed E-state index contributed by atoms with van der Waals surface area (Å²) in [6.07, 6.45) is 3.47. The van der Waals surface area contributed by atoms with Crippen LogP contribution in [-0.2, 0) is 32.2 Å². The van der Waals surface area contributed by atoms with Gasteiger partial charge in [-0.1, -0.05) is 31.2 Å². The second-order valence-corrected chi connectivity index (χ2v) is 13.9. The zero-order chi connectivity index (χ0) is 36.6. The van der Waals surface area contributed by atoms with Crippen molar-refractivity contribution in [3.8, 4) is 27.6 Å². The molecule has 1 N–H and O–H groups in total. The number of alkyl halides is 2. The lowest BCUT2D eigenvalue weighted by molar-refractivity contribution is 0.0127. The summed E-state index contributed by atoms with van der Waals surface area (Å²) in [5.41, 5.74) is 5.92. The van der Waals surface area contributed by atoms with Crippen molar-refractivity contribution >= 4 is 33.1 Å². The van der Waals surface area contributed by atoms with Crippen molar-refractivity contribution in [2.75, 3.05) is 26.0 Å². The van der Waals surface area contributed by atoms with Gasteiger partial charge in [0.25, 0.3) is 11.8 Å². The molecule has 9 nitrogen and oxygen atoms in total. The van der Waals surface area contributed by atoms with Gasteiger partial charge in [-0.15, -0.1) is 21.5 Å². The number of carbonyl (C=O) groups is 1. The Kier molecular flexibility index (Phi) is 9.71. The first kappa shape index (κ1) is 35.1. The summed E-state index contributed by atoms with van der Waals surface area (Å²) in [5.74, 6) is -0.780. The van der Waals surface area contributed by atoms with Gasteiger partial charge in [0.05, 0.1) is 40.9 Å². The van der Waals surface area contributed by atoms with Crippen LogP contribution in [0.5, 0.6) is 5.75 Å². The van der Waals surface area contributed by atoms with Crippen LogP contribution in [-0.4, -0.2) is 57.6 Å². The smallest absolute Gasteiger partial charge is 0.256 e. The Bertz CT molecular complexity index is 2270. The van der Waals surface area contributed by atoms with Crippen LogP contribution in [0.4, 0.5) is 19.0 Å². The number of carbonyl (C=O) groups excluding carboxylic acids is 1. The van der Waals surface area contributed by atoms with Crippen molar-refractivity contribution in [2.24, 2.45) is 0 Å². The maximum atomic E-state index is 13.8. The monoisotopic (exact) mass is 726 g/mol. The number of aromatic nitrogens is 4. The number of nitrogens with one attached hydrogen (secondary N) is 1. The molecule has 0 radical (unpaired) electrons. The van der Waals surface area contributed by atoms with Crippen LogP contribution in [0.1, 0.15) is 57.7 Å². The molecule has 6 aromatic rings. The molecule has 8 rings (SSSR count). The molecule has 0 atom stereocenters. The number of hydrogen-bond acceptors (Lipinski definition) is 9. The number of anilines is 1. The number of fused-ring (bicyclic) bond motifs is 3. The molecule has 1 amide bonds. The van der Waals surface area contributed by atoms with E-state index in [0.717, 1.165) is 49.7 Å². The SMILES string of the molecule is CCCN1Cc2nc(CCc3ccc(F)cc3)c(-c3nnc(C)o3)c(-c3cc4ccnc(NC)c4s3)c2C1=O.COc1cccc2c1CC(F)(F)C2. The van der Waals surface area contributed by atoms with Crippen LogP contribution < -0.4 is 10.1 Å². The first-order valence-corrected chi connectivity index (χ1v) is 17.9. The summed E-state index contributed by atoms with van der Waals surface area (Å²) in [6, 6.07) is 15.8. The molecule has 0 spiro atoms. The molecule has 5 heterocycles. The minimum atomic E-state index is -2.59. The van der Waals surface area contributed by atoms with E-state index < -0.39 is 5.92 Å². The Labute approximate surface area is 302 Å². The Balaban J connectivity index is 0.000000271. The van der Waals surface area contributed by atoms with Gasteiger partial charge in [-0.25, -0.2) is 18.2 Å². The highest BCUT2D eigenvalue weighted by Gasteiger charge is 2.39. The van der Waals surface area contributed by atoms with E-state index in [1.165, 1.54) is 19.2 Å². The van der Waals surface area contributed by atoms with E-state index in [0.29, 0.717) is 65.7 Å². The highest BCUT2D eigenvalue weighted by Crippen LogP contribution is 2.46. The molecular weight excluding hydrogens is 690 g/mol. The lowest BCUT2D eigenvalue weighted by atomic mass is 9.94. The molecule has 1 aliphatic carbocycles. The van der Waals surface area contributed by atoms with Crippen molar-refractivity contribution in [3.63, 3.8) is 0 Å². The van der Waals surface area contributed by atoms with E-state index in [-0.39, 0.29) is 24.6 Å². The highest BCUT2D eigenvalue weighted by atomic mass is 32.1. The van der Waals surface area contributed by atoms with Crippen LogP contribution in [0.2, 0.25) is 0 Å². The number of ether oxygens (including phenoxy) is 1. The highest BCUT2D eigenvalue weighted by molar-refractivity contribution is 7.23. The van der Waals surface area contributed by atoms with Gasteiger partial charge < -0.3 is 19.4 Å². The minimum Gasteiger partial charge on any atom is -0.496 e. The number of pyridine rings is 2. The third-order valence-electron chi connectivity index (χ3n) is 9.24. The van der Waals surface area contributed by atoms with E-state index in [1.807, 2.05) is 18.0 Å². The second kappa shape index (κ2) is 14.4. The first-order chi connectivity index (χ1) is 25.1. The average molecular weight is 727 g/mol.